The first kappa shape index (κ1) is 15.7. The average Bonchev–Trinajstić information content (AvgIpc) is 2.06. The summed E-state index contributed by atoms with van der Waals surface area (Å²) in [6, 6.07) is 0. The van der Waals surface area contributed by atoms with Gasteiger partial charge in [0.25, 0.3) is 0 Å². The van der Waals surface area contributed by atoms with Crippen molar-refractivity contribution in [1.82, 2.24) is 6.15 Å². The molecule has 0 aromatic heterocycles. The molecule has 0 spiro atoms. The van der Waals surface area contributed by atoms with E-state index in [1.807, 2.05) is 0 Å². The number of thiocarbonyl (C=S) groups is 1. The van der Waals surface area contributed by atoms with E-state index in [1.165, 1.54) is 19.3 Å². The van der Waals surface area contributed by atoms with Crippen LogP contribution in [0.15, 0.2) is 0 Å². The van der Waals surface area contributed by atoms with Crippen LogP contribution < -0.4 is 6.15 Å². The molecular weight excluding hydrogens is 202 g/mol. The van der Waals surface area contributed by atoms with Crippen molar-refractivity contribution in [1.29, 1.82) is 0 Å². The zero-order valence-electron chi connectivity index (χ0n) is 8.67. The zero-order chi connectivity index (χ0) is 9.23. The van der Waals surface area contributed by atoms with Gasteiger partial charge in [0.2, 0.25) is 4.38 Å². The predicted octanol–water partition coefficient (Wildman–Crippen LogP) is 3.78. The molecule has 0 heterocycles. The molecule has 0 bridgehead atoms. The first-order chi connectivity index (χ1) is 5.81. The maximum absolute atomic E-state index is 5.32. The van der Waals surface area contributed by atoms with E-state index in [1.54, 1.807) is 11.8 Å². The first-order valence-electron chi connectivity index (χ1n) is 4.60. The summed E-state index contributed by atoms with van der Waals surface area (Å²) in [5.74, 6) is 1.10. The number of hydrogen-bond donors (Lipinski definition) is 1. The largest absolute Gasteiger partial charge is 0.479 e. The van der Waals surface area contributed by atoms with E-state index in [0.717, 1.165) is 23.2 Å². The minimum atomic E-state index is 0. The molecule has 0 aliphatic carbocycles. The second kappa shape index (κ2) is 12.2. The van der Waals surface area contributed by atoms with Gasteiger partial charge in [-0.2, -0.15) is 0 Å². The standard InChI is InChI=1S/C9H18OS2.H3N/c1-3-5-7-10-9(11)12-8-6-4-2;/h3-8H2,1-2H3;1H3. The number of ether oxygens (including phenoxy) is 1. The van der Waals surface area contributed by atoms with E-state index in [0.29, 0.717) is 0 Å². The summed E-state index contributed by atoms with van der Waals surface area (Å²) in [4.78, 5) is 0. The third-order valence-corrected chi connectivity index (χ3v) is 2.75. The molecular formula is C9H21NOS2. The fourth-order valence-electron chi connectivity index (χ4n) is 0.641. The summed E-state index contributed by atoms with van der Waals surface area (Å²) in [5, 5.41) is 0. The van der Waals surface area contributed by atoms with E-state index >= 15 is 0 Å². The Bertz CT molecular complexity index is 108. The van der Waals surface area contributed by atoms with Crippen LogP contribution in [-0.4, -0.2) is 16.7 Å². The van der Waals surface area contributed by atoms with Crippen molar-refractivity contribution in [3.8, 4) is 0 Å². The molecule has 0 aliphatic heterocycles. The third-order valence-electron chi connectivity index (χ3n) is 1.44. The van der Waals surface area contributed by atoms with Gasteiger partial charge in [-0.15, -0.1) is 0 Å². The molecule has 0 fully saturated rings. The quantitative estimate of drug-likeness (QED) is 0.550. The van der Waals surface area contributed by atoms with Crippen LogP contribution in [0.2, 0.25) is 0 Å². The highest BCUT2D eigenvalue weighted by Crippen LogP contribution is 2.09. The van der Waals surface area contributed by atoms with Crippen molar-refractivity contribution >= 4 is 28.4 Å². The highest BCUT2D eigenvalue weighted by Gasteiger charge is 1.96. The Hall–Kier alpha value is 0.200. The molecule has 0 saturated carbocycles. The van der Waals surface area contributed by atoms with Crippen LogP contribution >= 0.6 is 24.0 Å². The fourth-order valence-corrected chi connectivity index (χ4v) is 1.74. The van der Waals surface area contributed by atoms with Gasteiger partial charge in [0.15, 0.2) is 0 Å². The van der Waals surface area contributed by atoms with Crippen molar-refractivity contribution in [3.05, 3.63) is 0 Å². The summed E-state index contributed by atoms with van der Waals surface area (Å²) in [5.41, 5.74) is 0. The molecule has 2 nitrogen and oxygen atoms in total. The van der Waals surface area contributed by atoms with Crippen molar-refractivity contribution in [2.45, 2.75) is 39.5 Å². The molecule has 0 radical (unpaired) electrons. The van der Waals surface area contributed by atoms with Gasteiger partial charge in [-0.3, -0.25) is 0 Å². The molecule has 4 heteroatoms. The van der Waals surface area contributed by atoms with Crippen LogP contribution in [0.4, 0.5) is 0 Å². The summed E-state index contributed by atoms with van der Waals surface area (Å²) >= 11 is 6.68. The highest BCUT2D eigenvalue weighted by molar-refractivity contribution is 8.22. The zero-order valence-corrected chi connectivity index (χ0v) is 10.3. The second-order valence-corrected chi connectivity index (χ2v) is 4.35. The normalized spacial score (nSPS) is 9.08. The van der Waals surface area contributed by atoms with Crippen molar-refractivity contribution < 1.29 is 4.74 Å². The number of rotatable bonds is 6. The third kappa shape index (κ3) is 12.2. The van der Waals surface area contributed by atoms with E-state index in [4.69, 9.17) is 17.0 Å². The average molecular weight is 223 g/mol. The lowest BCUT2D eigenvalue weighted by molar-refractivity contribution is 0.313. The van der Waals surface area contributed by atoms with Gasteiger partial charge in [-0.05, 0) is 25.1 Å². The van der Waals surface area contributed by atoms with Gasteiger partial charge in [0.1, 0.15) is 0 Å². The lowest BCUT2D eigenvalue weighted by atomic mass is 10.4. The van der Waals surface area contributed by atoms with Gasteiger partial charge < -0.3 is 10.9 Å². The van der Waals surface area contributed by atoms with Gasteiger partial charge in [0.05, 0.1) is 6.61 Å². The maximum atomic E-state index is 5.32. The van der Waals surface area contributed by atoms with E-state index in [9.17, 15) is 0 Å². The van der Waals surface area contributed by atoms with E-state index in [-0.39, 0.29) is 6.15 Å². The SMILES string of the molecule is CCCCOC(=S)SCCCC.N. The first-order valence-corrected chi connectivity index (χ1v) is 6.00. The van der Waals surface area contributed by atoms with Gasteiger partial charge in [0, 0.05) is 5.75 Å². The van der Waals surface area contributed by atoms with Crippen LogP contribution in [0.3, 0.4) is 0 Å². The van der Waals surface area contributed by atoms with Crippen molar-refractivity contribution in [2.75, 3.05) is 12.4 Å². The van der Waals surface area contributed by atoms with E-state index < -0.39 is 0 Å². The van der Waals surface area contributed by atoms with Crippen molar-refractivity contribution in [3.63, 3.8) is 0 Å². The maximum Gasteiger partial charge on any atom is 0.219 e. The van der Waals surface area contributed by atoms with Gasteiger partial charge in [-0.25, -0.2) is 0 Å². The number of unbranched alkanes of at least 4 members (excludes halogenated alkanes) is 2. The minimum Gasteiger partial charge on any atom is -0.479 e. The van der Waals surface area contributed by atoms with Crippen LogP contribution in [0.5, 0.6) is 0 Å². The topological polar surface area (TPSA) is 44.2 Å². The fraction of sp³-hybridized carbons (Fsp3) is 0.889. The van der Waals surface area contributed by atoms with Gasteiger partial charge >= 0.3 is 0 Å². The summed E-state index contributed by atoms with van der Waals surface area (Å²) in [6.45, 7) is 5.12. The smallest absolute Gasteiger partial charge is 0.219 e. The Labute approximate surface area is 91.4 Å². The van der Waals surface area contributed by atoms with Crippen LogP contribution in [0.1, 0.15) is 39.5 Å². The molecule has 0 aromatic rings. The highest BCUT2D eigenvalue weighted by atomic mass is 32.2. The number of thioether (sulfide) groups is 1. The lowest BCUT2D eigenvalue weighted by Gasteiger charge is -2.04. The Morgan fingerprint density at radius 3 is 2.38 bits per heavy atom. The van der Waals surface area contributed by atoms with Crippen LogP contribution in [0.25, 0.3) is 0 Å². The van der Waals surface area contributed by atoms with Crippen LogP contribution in [-0.2, 0) is 4.74 Å². The predicted molar refractivity (Wildman–Crippen MR) is 65.8 cm³/mol. The molecule has 3 N–H and O–H groups in total. The summed E-state index contributed by atoms with van der Waals surface area (Å²) in [6.07, 6.45) is 4.73. The second-order valence-electron chi connectivity index (χ2n) is 2.65. The van der Waals surface area contributed by atoms with Crippen molar-refractivity contribution in [2.24, 2.45) is 0 Å². The Kier molecular flexibility index (Phi) is 14.7. The molecule has 0 rings (SSSR count). The molecule has 0 amide bonds. The molecule has 13 heavy (non-hydrogen) atoms. The minimum absolute atomic E-state index is 0. The summed E-state index contributed by atoms with van der Waals surface area (Å²) < 4.78 is 6.04. The van der Waals surface area contributed by atoms with E-state index in [2.05, 4.69) is 13.8 Å². The van der Waals surface area contributed by atoms with Gasteiger partial charge in [-0.1, -0.05) is 38.5 Å². The van der Waals surface area contributed by atoms with Crippen LogP contribution in [0, 0.1) is 0 Å². The Morgan fingerprint density at radius 1 is 1.23 bits per heavy atom. The molecule has 0 aliphatic rings. The molecule has 0 unspecified atom stereocenters. The Morgan fingerprint density at radius 2 is 1.85 bits per heavy atom. The lowest BCUT2D eigenvalue weighted by Crippen LogP contribution is -1.99. The Balaban J connectivity index is 0. The molecule has 0 aromatic carbocycles. The monoisotopic (exact) mass is 223 g/mol. The molecule has 80 valence electrons. The number of hydrogen-bond acceptors (Lipinski definition) is 4. The molecule has 0 atom stereocenters. The summed E-state index contributed by atoms with van der Waals surface area (Å²) in [7, 11) is 0. The molecule has 0 saturated heterocycles.